The van der Waals surface area contributed by atoms with E-state index in [4.69, 9.17) is 16.3 Å². The van der Waals surface area contributed by atoms with Crippen LogP contribution in [0.25, 0.3) is 10.8 Å². The zero-order valence-electron chi connectivity index (χ0n) is 18.2. The van der Waals surface area contributed by atoms with Gasteiger partial charge in [-0.05, 0) is 35.9 Å². The second kappa shape index (κ2) is 10.7. The Balaban J connectivity index is 0.00000289. The van der Waals surface area contributed by atoms with Crippen molar-refractivity contribution in [1.82, 2.24) is 4.90 Å². The van der Waals surface area contributed by atoms with Crippen molar-refractivity contribution >= 4 is 40.6 Å². The first-order valence-electron chi connectivity index (χ1n) is 10.8. The molecule has 1 aliphatic heterocycles. The highest BCUT2D eigenvalue weighted by molar-refractivity contribution is 6.37. The Labute approximate surface area is 200 Å². The number of carbonyl (C=O) groups is 1. The number of benzene rings is 3. The topological polar surface area (TPSA) is 49.8 Å². The number of hydrogen-bond acceptors (Lipinski definition) is 4. The standard InChI is InChI=1S/C26H28ClNO3.ClH/c1-31-24-10-8-20-17-21(7-9-22(20)25(24)27)23(29)11-14-28-15-12-26(30,13-16-28)18-19-5-3-2-4-6-19;/h2-10,17,30H,11-16,18H2,1H3;1H. The van der Waals surface area contributed by atoms with Crippen LogP contribution in [-0.4, -0.2) is 48.1 Å². The third kappa shape index (κ3) is 5.62. The van der Waals surface area contributed by atoms with Crippen LogP contribution < -0.4 is 4.74 Å². The summed E-state index contributed by atoms with van der Waals surface area (Å²) in [5.74, 6) is 0.754. The summed E-state index contributed by atoms with van der Waals surface area (Å²) in [4.78, 5) is 15.1. The maximum Gasteiger partial charge on any atom is 0.164 e. The van der Waals surface area contributed by atoms with E-state index in [1.54, 1.807) is 7.11 Å². The maximum atomic E-state index is 12.8. The van der Waals surface area contributed by atoms with Crippen molar-refractivity contribution < 1.29 is 14.6 Å². The predicted octanol–water partition coefficient (Wildman–Crippen LogP) is 5.57. The highest BCUT2D eigenvalue weighted by Crippen LogP contribution is 2.33. The lowest BCUT2D eigenvalue weighted by molar-refractivity contribution is -0.0203. The largest absolute Gasteiger partial charge is 0.495 e. The van der Waals surface area contributed by atoms with Crippen LogP contribution >= 0.6 is 24.0 Å². The molecule has 0 aliphatic carbocycles. The van der Waals surface area contributed by atoms with Crippen molar-refractivity contribution in [3.05, 3.63) is 76.8 Å². The number of hydrogen-bond donors (Lipinski definition) is 1. The van der Waals surface area contributed by atoms with Gasteiger partial charge in [-0.25, -0.2) is 0 Å². The third-order valence-corrected chi connectivity index (χ3v) is 6.67. The Morgan fingerprint density at radius 3 is 2.50 bits per heavy atom. The van der Waals surface area contributed by atoms with Crippen molar-refractivity contribution in [3.8, 4) is 5.75 Å². The minimum atomic E-state index is -0.652. The van der Waals surface area contributed by atoms with Gasteiger partial charge in [0.05, 0.1) is 17.7 Å². The number of likely N-dealkylation sites (tertiary alicyclic amines) is 1. The zero-order chi connectivity index (χ0) is 21.8. The van der Waals surface area contributed by atoms with Crippen molar-refractivity contribution in [2.24, 2.45) is 0 Å². The molecule has 1 N–H and O–H groups in total. The van der Waals surface area contributed by atoms with E-state index in [9.17, 15) is 9.90 Å². The summed E-state index contributed by atoms with van der Waals surface area (Å²) in [6, 6.07) is 19.5. The van der Waals surface area contributed by atoms with Crippen LogP contribution in [0.4, 0.5) is 0 Å². The molecule has 4 nitrogen and oxygen atoms in total. The number of methoxy groups -OCH3 is 1. The van der Waals surface area contributed by atoms with Gasteiger partial charge < -0.3 is 14.7 Å². The number of rotatable bonds is 7. The lowest BCUT2D eigenvalue weighted by Crippen LogP contribution is -2.46. The minimum absolute atomic E-state index is 0. The molecule has 3 aromatic carbocycles. The average Bonchev–Trinajstić information content (AvgIpc) is 2.79. The fourth-order valence-corrected chi connectivity index (χ4v) is 4.66. The van der Waals surface area contributed by atoms with Crippen LogP contribution in [0.5, 0.6) is 5.75 Å². The van der Waals surface area contributed by atoms with Crippen molar-refractivity contribution in [1.29, 1.82) is 0 Å². The van der Waals surface area contributed by atoms with E-state index < -0.39 is 5.60 Å². The number of Topliss-reactive ketones (excluding diaryl/α,β-unsaturated/α-hetero) is 1. The van der Waals surface area contributed by atoms with Crippen molar-refractivity contribution in [3.63, 3.8) is 0 Å². The van der Waals surface area contributed by atoms with E-state index >= 15 is 0 Å². The van der Waals surface area contributed by atoms with E-state index in [0.29, 0.717) is 35.7 Å². The molecule has 0 amide bonds. The Hall–Kier alpha value is -2.11. The molecule has 0 bridgehead atoms. The third-order valence-electron chi connectivity index (χ3n) is 6.28. The average molecular weight is 474 g/mol. The molecule has 0 spiro atoms. The molecular weight excluding hydrogens is 445 g/mol. The summed E-state index contributed by atoms with van der Waals surface area (Å²) in [7, 11) is 1.59. The quantitative estimate of drug-likeness (QED) is 0.455. The summed E-state index contributed by atoms with van der Waals surface area (Å²) in [6.45, 7) is 2.33. The van der Waals surface area contributed by atoms with Crippen LogP contribution in [0.3, 0.4) is 0 Å². The Bertz CT molecular complexity index is 1060. The van der Waals surface area contributed by atoms with Gasteiger partial charge in [-0.1, -0.05) is 60.1 Å². The Morgan fingerprint density at radius 2 is 1.81 bits per heavy atom. The molecule has 0 aromatic heterocycles. The number of halogens is 2. The molecule has 32 heavy (non-hydrogen) atoms. The first-order chi connectivity index (χ1) is 15.0. The fraction of sp³-hybridized carbons (Fsp3) is 0.346. The molecule has 0 saturated carbocycles. The Morgan fingerprint density at radius 1 is 1.09 bits per heavy atom. The lowest BCUT2D eigenvalue weighted by Gasteiger charge is -2.38. The number of fused-ring (bicyclic) bond motifs is 1. The molecular formula is C26H29Cl2NO3. The van der Waals surface area contributed by atoms with E-state index in [-0.39, 0.29) is 18.2 Å². The highest BCUT2D eigenvalue weighted by atomic mass is 35.5. The number of ether oxygens (including phenoxy) is 1. The van der Waals surface area contributed by atoms with Crippen LogP contribution in [-0.2, 0) is 6.42 Å². The van der Waals surface area contributed by atoms with Gasteiger partial charge in [-0.2, -0.15) is 0 Å². The molecule has 1 aliphatic rings. The number of piperidine rings is 1. The molecule has 1 heterocycles. The molecule has 3 aromatic rings. The molecule has 1 saturated heterocycles. The van der Waals surface area contributed by atoms with Gasteiger partial charge in [0, 0.05) is 43.4 Å². The van der Waals surface area contributed by atoms with E-state index in [1.807, 2.05) is 48.5 Å². The first-order valence-corrected chi connectivity index (χ1v) is 11.1. The minimum Gasteiger partial charge on any atom is -0.495 e. The first kappa shape index (κ1) is 24.5. The van der Waals surface area contributed by atoms with E-state index in [0.717, 1.165) is 36.7 Å². The summed E-state index contributed by atoms with van der Waals surface area (Å²) in [5, 5.41) is 13.3. The van der Waals surface area contributed by atoms with Gasteiger partial charge in [-0.3, -0.25) is 4.79 Å². The number of ketones is 1. The van der Waals surface area contributed by atoms with Crippen LogP contribution in [0, 0.1) is 0 Å². The zero-order valence-corrected chi connectivity index (χ0v) is 19.8. The summed E-state index contributed by atoms with van der Waals surface area (Å²) >= 11 is 6.37. The van der Waals surface area contributed by atoms with E-state index in [2.05, 4.69) is 17.0 Å². The second-order valence-electron chi connectivity index (χ2n) is 8.42. The molecule has 0 unspecified atom stereocenters. The highest BCUT2D eigenvalue weighted by Gasteiger charge is 2.32. The van der Waals surface area contributed by atoms with Crippen LogP contribution in [0.15, 0.2) is 60.7 Å². The molecule has 0 radical (unpaired) electrons. The molecule has 170 valence electrons. The molecule has 0 atom stereocenters. The van der Waals surface area contributed by atoms with Gasteiger partial charge in [-0.15, -0.1) is 12.4 Å². The maximum absolute atomic E-state index is 12.8. The Kier molecular flexibility index (Phi) is 8.18. The van der Waals surface area contributed by atoms with Crippen molar-refractivity contribution in [2.45, 2.75) is 31.3 Å². The summed E-state index contributed by atoms with van der Waals surface area (Å²) in [5.41, 5.74) is 1.22. The monoisotopic (exact) mass is 473 g/mol. The number of nitrogens with zero attached hydrogens (tertiary/aromatic N) is 1. The van der Waals surface area contributed by atoms with Gasteiger partial charge in [0.15, 0.2) is 5.78 Å². The summed E-state index contributed by atoms with van der Waals surface area (Å²) in [6.07, 6.45) is 2.61. The molecule has 6 heteroatoms. The normalized spacial score (nSPS) is 15.8. The molecule has 1 fully saturated rings. The van der Waals surface area contributed by atoms with Gasteiger partial charge in [0.1, 0.15) is 5.75 Å². The number of aliphatic hydroxyl groups is 1. The van der Waals surface area contributed by atoms with Gasteiger partial charge >= 0.3 is 0 Å². The summed E-state index contributed by atoms with van der Waals surface area (Å²) < 4.78 is 5.26. The predicted molar refractivity (Wildman–Crippen MR) is 132 cm³/mol. The van der Waals surface area contributed by atoms with Crippen LogP contribution in [0.1, 0.15) is 35.2 Å². The SMILES string of the molecule is COc1ccc2cc(C(=O)CCN3CCC(O)(Cc4ccccc4)CC3)ccc2c1Cl.Cl. The lowest BCUT2D eigenvalue weighted by atomic mass is 9.85. The smallest absolute Gasteiger partial charge is 0.164 e. The van der Waals surface area contributed by atoms with Gasteiger partial charge in [0.25, 0.3) is 0 Å². The van der Waals surface area contributed by atoms with Crippen LogP contribution in [0.2, 0.25) is 5.02 Å². The molecule has 4 rings (SSSR count). The fourth-order valence-electron chi connectivity index (χ4n) is 4.35. The second-order valence-corrected chi connectivity index (χ2v) is 8.80. The van der Waals surface area contributed by atoms with Gasteiger partial charge in [0.2, 0.25) is 0 Å². The number of carbonyl (C=O) groups excluding carboxylic acids is 1. The van der Waals surface area contributed by atoms with E-state index in [1.165, 1.54) is 5.56 Å². The van der Waals surface area contributed by atoms with Crippen molar-refractivity contribution in [2.75, 3.05) is 26.7 Å².